The molecule has 0 radical (unpaired) electrons. The molecule has 0 atom stereocenters. The molecule has 0 aromatic heterocycles. The normalized spacial score (nSPS) is 18.2. The van der Waals surface area contributed by atoms with Crippen molar-refractivity contribution in [3.8, 4) is 0 Å². The molecular weight excluding hydrogens is 198 g/mol. The fourth-order valence-corrected chi connectivity index (χ4v) is 2.25. The molecule has 1 aromatic rings. The summed E-state index contributed by atoms with van der Waals surface area (Å²) in [6.07, 6.45) is 0. The minimum Gasteiger partial charge on any atom is -0.392 e. The van der Waals surface area contributed by atoms with E-state index in [0.717, 1.165) is 23.7 Å². The Hall–Kier alpha value is -0.570. The number of benzene rings is 1. The van der Waals surface area contributed by atoms with Gasteiger partial charge in [-0.05, 0) is 24.2 Å². The average Bonchev–Trinajstić information content (AvgIpc) is 2.13. The maximum atomic E-state index is 8.94. The van der Waals surface area contributed by atoms with Crippen molar-refractivity contribution in [3.63, 3.8) is 0 Å². The zero-order valence-electron chi connectivity index (χ0n) is 8.20. The predicted molar refractivity (Wildman–Crippen MR) is 57.6 cm³/mol. The molecule has 1 aliphatic rings. The van der Waals surface area contributed by atoms with Gasteiger partial charge >= 0.3 is 0 Å². The van der Waals surface area contributed by atoms with Gasteiger partial charge in [-0.15, -0.1) is 0 Å². The zero-order valence-corrected chi connectivity index (χ0v) is 8.96. The standard InChI is InChI=1S/C11H14ClNO/c1-13-5-9(6-13)10-3-2-8(7-14)4-11(10)12/h2-4,9,14H,5-7H2,1H3. The molecule has 14 heavy (non-hydrogen) atoms. The molecule has 2 rings (SSSR count). The van der Waals surface area contributed by atoms with Crippen molar-refractivity contribution in [2.24, 2.45) is 0 Å². The van der Waals surface area contributed by atoms with Crippen molar-refractivity contribution in [3.05, 3.63) is 34.3 Å². The molecule has 1 fully saturated rings. The van der Waals surface area contributed by atoms with Gasteiger partial charge in [0.15, 0.2) is 0 Å². The molecular formula is C11H14ClNO. The molecule has 0 unspecified atom stereocenters. The number of likely N-dealkylation sites (N-methyl/N-ethyl adjacent to an activating group) is 1. The Morgan fingerprint density at radius 2 is 2.21 bits per heavy atom. The van der Waals surface area contributed by atoms with E-state index in [-0.39, 0.29) is 6.61 Å². The predicted octanol–water partition coefficient (Wildman–Crippen LogP) is 1.86. The Labute approximate surface area is 89.1 Å². The van der Waals surface area contributed by atoms with Gasteiger partial charge in [0.2, 0.25) is 0 Å². The van der Waals surface area contributed by atoms with E-state index in [1.165, 1.54) is 5.56 Å². The number of rotatable bonds is 2. The van der Waals surface area contributed by atoms with Crippen LogP contribution in [0.15, 0.2) is 18.2 Å². The van der Waals surface area contributed by atoms with Crippen molar-refractivity contribution in [1.29, 1.82) is 0 Å². The summed E-state index contributed by atoms with van der Waals surface area (Å²) in [4.78, 5) is 2.26. The third-order valence-electron chi connectivity index (χ3n) is 2.75. The van der Waals surface area contributed by atoms with E-state index in [4.69, 9.17) is 16.7 Å². The van der Waals surface area contributed by atoms with Crippen molar-refractivity contribution in [2.75, 3.05) is 20.1 Å². The van der Waals surface area contributed by atoms with Gasteiger partial charge in [0, 0.05) is 24.0 Å². The van der Waals surface area contributed by atoms with E-state index in [2.05, 4.69) is 11.9 Å². The molecule has 0 aliphatic carbocycles. The second-order valence-electron chi connectivity index (χ2n) is 3.93. The van der Waals surface area contributed by atoms with Gasteiger partial charge in [-0.1, -0.05) is 23.7 Å². The smallest absolute Gasteiger partial charge is 0.0682 e. The fraction of sp³-hybridized carbons (Fsp3) is 0.455. The average molecular weight is 212 g/mol. The summed E-state index contributed by atoms with van der Waals surface area (Å²) in [5, 5.41) is 9.72. The molecule has 0 saturated carbocycles. The second kappa shape index (κ2) is 3.89. The van der Waals surface area contributed by atoms with Crippen LogP contribution in [0.3, 0.4) is 0 Å². The molecule has 2 nitrogen and oxygen atoms in total. The quantitative estimate of drug-likeness (QED) is 0.808. The first kappa shape index (κ1) is 9.97. The lowest BCUT2D eigenvalue weighted by Crippen LogP contribution is -2.41. The third-order valence-corrected chi connectivity index (χ3v) is 3.08. The number of halogens is 1. The van der Waals surface area contributed by atoms with Crippen LogP contribution in [0.1, 0.15) is 17.0 Å². The largest absolute Gasteiger partial charge is 0.392 e. The molecule has 1 N–H and O–H groups in total. The Kier molecular flexibility index (Phi) is 2.77. The summed E-state index contributed by atoms with van der Waals surface area (Å²) in [5.41, 5.74) is 2.09. The Morgan fingerprint density at radius 1 is 1.50 bits per heavy atom. The first-order valence-electron chi connectivity index (χ1n) is 4.78. The Morgan fingerprint density at radius 3 is 2.71 bits per heavy atom. The molecule has 76 valence electrons. The van der Waals surface area contributed by atoms with Gasteiger partial charge in [0.1, 0.15) is 0 Å². The van der Waals surface area contributed by atoms with E-state index in [1.54, 1.807) is 0 Å². The molecule has 0 amide bonds. The monoisotopic (exact) mass is 211 g/mol. The highest BCUT2D eigenvalue weighted by Gasteiger charge is 2.26. The zero-order chi connectivity index (χ0) is 10.1. The topological polar surface area (TPSA) is 23.5 Å². The van der Waals surface area contributed by atoms with Crippen molar-refractivity contribution < 1.29 is 5.11 Å². The van der Waals surface area contributed by atoms with Crippen LogP contribution in [-0.2, 0) is 6.61 Å². The lowest BCUT2D eigenvalue weighted by atomic mass is 9.91. The molecule has 3 heteroatoms. The number of hydrogen-bond acceptors (Lipinski definition) is 2. The van der Waals surface area contributed by atoms with Crippen molar-refractivity contribution >= 4 is 11.6 Å². The maximum Gasteiger partial charge on any atom is 0.0682 e. The highest BCUT2D eigenvalue weighted by atomic mass is 35.5. The fourth-order valence-electron chi connectivity index (χ4n) is 1.90. The van der Waals surface area contributed by atoms with Crippen LogP contribution in [0.5, 0.6) is 0 Å². The summed E-state index contributed by atoms with van der Waals surface area (Å²) in [7, 11) is 2.10. The van der Waals surface area contributed by atoms with Crippen LogP contribution in [0.4, 0.5) is 0 Å². The highest BCUT2D eigenvalue weighted by Crippen LogP contribution is 2.31. The summed E-state index contributed by atoms with van der Waals surface area (Å²) in [5.74, 6) is 0.570. The minimum atomic E-state index is 0.0601. The molecule has 0 spiro atoms. The van der Waals surface area contributed by atoms with Gasteiger partial charge in [-0.3, -0.25) is 0 Å². The number of aliphatic hydroxyl groups excluding tert-OH is 1. The van der Waals surface area contributed by atoms with E-state index in [0.29, 0.717) is 5.92 Å². The SMILES string of the molecule is CN1CC(c2ccc(CO)cc2Cl)C1. The minimum absolute atomic E-state index is 0.0601. The van der Waals surface area contributed by atoms with Crippen LogP contribution in [0.25, 0.3) is 0 Å². The Balaban J connectivity index is 2.18. The number of hydrogen-bond donors (Lipinski definition) is 1. The van der Waals surface area contributed by atoms with Crippen LogP contribution in [0.2, 0.25) is 5.02 Å². The molecule has 1 aromatic carbocycles. The number of aliphatic hydroxyl groups is 1. The second-order valence-corrected chi connectivity index (χ2v) is 4.34. The van der Waals surface area contributed by atoms with Gasteiger partial charge in [0.05, 0.1) is 6.61 Å². The summed E-state index contributed by atoms with van der Waals surface area (Å²) >= 11 is 6.13. The molecule has 0 bridgehead atoms. The summed E-state index contributed by atoms with van der Waals surface area (Å²) < 4.78 is 0. The number of likely N-dealkylation sites (tertiary alicyclic amines) is 1. The summed E-state index contributed by atoms with van der Waals surface area (Å²) in [6.45, 7) is 2.22. The first-order chi connectivity index (χ1) is 6.70. The first-order valence-corrected chi connectivity index (χ1v) is 5.16. The van der Waals surface area contributed by atoms with Crippen LogP contribution in [-0.4, -0.2) is 30.1 Å². The number of nitrogens with zero attached hydrogens (tertiary/aromatic N) is 1. The van der Waals surface area contributed by atoms with Gasteiger partial charge < -0.3 is 10.0 Å². The van der Waals surface area contributed by atoms with E-state index in [1.807, 2.05) is 18.2 Å². The van der Waals surface area contributed by atoms with Crippen LogP contribution < -0.4 is 0 Å². The van der Waals surface area contributed by atoms with Gasteiger partial charge in [-0.2, -0.15) is 0 Å². The van der Waals surface area contributed by atoms with Crippen molar-refractivity contribution in [2.45, 2.75) is 12.5 Å². The van der Waals surface area contributed by atoms with E-state index < -0.39 is 0 Å². The van der Waals surface area contributed by atoms with E-state index in [9.17, 15) is 0 Å². The Bertz CT molecular complexity index is 334. The van der Waals surface area contributed by atoms with Crippen molar-refractivity contribution in [1.82, 2.24) is 4.90 Å². The molecule has 1 aliphatic heterocycles. The highest BCUT2D eigenvalue weighted by molar-refractivity contribution is 6.31. The third kappa shape index (κ3) is 1.78. The lowest BCUT2D eigenvalue weighted by Gasteiger charge is -2.37. The maximum absolute atomic E-state index is 8.94. The lowest BCUT2D eigenvalue weighted by molar-refractivity contribution is 0.190. The van der Waals surface area contributed by atoms with Crippen LogP contribution in [0, 0.1) is 0 Å². The van der Waals surface area contributed by atoms with E-state index >= 15 is 0 Å². The van der Waals surface area contributed by atoms with Crippen LogP contribution >= 0.6 is 11.6 Å². The molecule has 1 saturated heterocycles. The van der Waals surface area contributed by atoms with Gasteiger partial charge in [-0.25, -0.2) is 0 Å². The van der Waals surface area contributed by atoms with Gasteiger partial charge in [0.25, 0.3) is 0 Å². The summed E-state index contributed by atoms with van der Waals surface area (Å²) in [6, 6.07) is 5.83. The molecule has 1 heterocycles.